The second kappa shape index (κ2) is 6.36. The number of anilines is 1. The molecule has 0 spiro atoms. The van der Waals surface area contributed by atoms with Crippen molar-refractivity contribution in [1.82, 2.24) is 0 Å². The van der Waals surface area contributed by atoms with Crippen LogP contribution < -0.4 is 15.4 Å². The molecular formula is C11H15FN2O2S. The predicted octanol–water partition coefficient (Wildman–Crippen LogP) is 1.27. The maximum absolute atomic E-state index is 13.8. The average Bonchev–Trinajstić information content (AvgIpc) is 2.27. The van der Waals surface area contributed by atoms with Gasteiger partial charge in [0.05, 0.1) is 18.9 Å². The van der Waals surface area contributed by atoms with Crippen LogP contribution in [-0.4, -0.2) is 30.0 Å². The Hall–Kier alpha value is -1.40. The molecule has 0 saturated heterocycles. The zero-order valence-corrected chi connectivity index (χ0v) is 10.3. The summed E-state index contributed by atoms with van der Waals surface area (Å²) in [4.78, 5) is 1.33. The lowest BCUT2D eigenvalue weighted by Gasteiger charge is -2.22. The Morgan fingerprint density at radius 3 is 2.76 bits per heavy atom. The van der Waals surface area contributed by atoms with E-state index < -0.39 is 5.82 Å². The lowest BCUT2D eigenvalue weighted by molar-refractivity contribution is 0.306. The van der Waals surface area contributed by atoms with Crippen LogP contribution in [0.1, 0.15) is 6.92 Å². The van der Waals surface area contributed by atoms with Crippen LogP contribution in [0.25, 0.3) is 0 Å². The fraction of sp³-hybridized carbons (Fsp3) is 0.364. The summed E-state index contributed by atoms with van der Waals surface area (Å²) >= 11 is 4.80. The summed E-state index contributed by atoms with van der Waals surface area (Å²) in [6, 6.07) is 4.42. The molecule has 0 radical (unpaired) electrons. The summed E-state index contributed by atoms with van der Waals surface area (Å²) in [7, 11) is 0. The highest BCUT2D eigenvalue weighted by Crippen LogP contribution is 2.24. The maximum Gasteiger partial charge on any atom is 0.170 e. The third-order valence-corrected chi connectivity index (χ3v) is 2.33. The van der Waals surface area contributed by atoms with Gasteiger partial charge < -0.3 is 20.5 Å². The maximum atomic E-state index is 13.8. The van der Waals surface area contributed by atoms with Crippen molar-refractivity contribution in [3.05, 3.63) is 24.0 Å². The molecule has 0 heterocycles. The highest BCUT2D eigenvalue weighted by molar-refractivity contribution is 7.80. The van der Waals surface area contributed by atoms with Crippen molar-refractivity contribution in [3.63, 3.8) is 0 Å². The van der Waals surface area contributed by atoms with Crippen LogP contribution in [0.3, 0.4) is 0 Å². The standard InChI is InChI=1S/C11H15FN2O2S/c1-2-16-8-3-4-10(9(12)7-8)14(5-6-15)11(13)17/h3-4,7,15H,2,5-6H2,1H3,(H2,13,17). The first-order valence-electron chi connectivity index (χ1n) is 5.20. The van der Waals surface area contributed by atoms with E-state index in [4.69, 9.17) is 27.8 Å². The van der Waals surface area contributed by atoms with Crippen molar-refractivity contribution >= 4 is 23.0 Å². The Balaban J connectivity index is 2.99. The molecule has 0 unspecified atom stereocenters. The van der Waals surface area contributed by atoms with Crippen LogP contribution in [0.4, 0.5) is 10.1 Å². The molecule has 6 heteroatoms. The molecule has 94 valence electrons. The number of hydrogen-bond acceptors (Lipinski definition) is 3. The first-order chi connectivity index (χ1) is 8.10. The van der Waals surface area contributed by atoms with Crippen molar-refractivity contribution in [2.24, 2.45) is 5.73 Å². The van der Waals surface area contributed by atoms with Gasteiger partial charge in [0.25, 0.3) is 0 Å². The van der Waals surface area contributed by atoms with Gasteiger partial charge in [-0.25, -0.2) is 4.39 Å². The van der Waals surface area contributed by atoms with Crippen LogP contribution in [0.5, 0.6) is 5.75 Å². The number of rotatable bonds is 5. The molecular weight excluding hydrogens is 243 g/mol. The summed E-state index contributed by atoms with van der Waals surface area (Å²) in [6.45, 7) is 2.28. The lowest BCUT2D eigenvalue weighted by atomic mass is 10.2. The predicted molar refractivity (Wildman–Crippen MR) is 68.8 cm³/mol. The number of thiocarbonyl (C=S) groups is 1. The molecule has 0 aromatic heterocycles. The molecule has 1 rings (SSSR count). The summed E-state index contributed by atoms with van der Waals surface area (Å²) in [5.74, 6) is -0.0437. The second-order valence-electron chi connectivity index (χ2n) is 3.26. The monoisotopic (exact) mass is 258 g/mol. The number of hydrogen-bond donors (Lipinski definition) is 2. The number of benzene rings is 1. The number of nitrogens with zero attached hydrogens (tertiary/aromatic N) is 1. The number of ether oxygens (including phenoxy) is 1. The Morgan fingerprint density at radius 2 is 2.29 bits per heavy atom. The zero-order chi connectivity index (χ0) is 12.8. The quantitative estimate of drug-likeness (QED) is 0.779. The molecule has 4 nitrogen and oxygen atoms in total. The Kier molecular flexibility index (Phi) is 5.11. The number of aliphatic hydroxyl groups is 1. The molecule has 0 aliphatic rings. The fourth-order valence-corrected chi connectivity index (χ4v) is 1.60. The summed E-state index contributed by atoms with van der Waals surface area (Å²) in [5.41, 5.74) is 5.70. The average molecular weight is 258 g/mol. The van der Waals surface area contributed by atoms with E-state index >= 15 is 0 Å². The summed E-state index contributed by atoms with van der Waals surface area (Å²) < 4.78 is 19.0. The van der Waals surface area contributed by atoms with Crippen LogP contribution in [0, 0.1) is 5.82 Å². The second-order valence-corrected chi connectivity index (χ2v) is 3.68. The number of aliphatic hydroxyl groups excluding tert-OH is 1. The molecule has 0 fully saturated rings. The molecule has 0 aliphatic carbocycles. The van der Waals surface area contributed by atoms with E-state index in [0.29, 0.717) is 12.4 Å². The van der Waals surface area contributed by atoms with Gasteiger partial charge in [0.1, 0.15) is 5.75 Å². The van der Waals surface area contributed by atoms with Gasteiger partial charge in [-0.3, -0.25) is 0 Å². The van der Waals surface area contributed by atoms with Crippen LogP contribution in [0.15, 0.2) is 18.2 Å². The van der Waals surface area contributed by atoms with Crippen LogP contribution in [-0.2, 0) is 0 Å². The Bertz CT molecular complexity index is 401. The molecule has 17 heavy (non-hydrogen) atoms. The molecule has 0 saturated carbocycles. The normalized spacial score (nSPS) is 10.1. The van der Waals surface area contributed by atoms with E-state index in [9.17, 15) is 4.39 Å². The number of halogens is 1. The zero-order valence-electron chi connectivity index (χ0n) is 9.52. The largest absolute Gasteiger partial charge is 0.494 e. The Morgan fingerprint density at radius 1 is 1.59 bits per heavy atom. The number of nitrogens with two attached hydrogens (primary N) is 1. The molecule has 0 amide bonds. The van der Waals surface area contributed by atoms with E-state index in [1.165, 1.54) is 17.0 Å². The van der Waals surface area contributed by atoms with Crippen molar-refractivity contribution in [1.29, 1.82) is 0 Å². The first-order valence-corrected chi connectivity index (χ1v) is 5.61. The molecule has 0 atom stereocenters. The highest BCUT2D eigenvalue weighted by Gasteiger charge is 2.14. The van der Waals surface area contributed by atoms with Crippen molar-refractivity contribution in [2.75, 3.05) is 24.7 Å². The minimum Gasteiger partial charge on any atom is -0.494 e. The molecule has 0 aliphatic heterocycles. The van der Waals surface area contributed by atoms with E-state index in [1.807, 2.05) is 6.92 Å². The third kappa shape index (κ3) is 3.54. The van der Waals surface area contributed by atoms with Gasteiger partial charge in [-0.15, -0.1) is 0 Å². The Labute approximate surface area is 105 Å². The minimum atomic E-state index is -0.489. The minimum absolute atomic E-state index is 0.0158. The first kappa shape index (κ1) is 13.7. The molecule has 0 bridgehead atoms. The van der Waals surface area contributed by atoms with Gasteiger partial charge in [-0.05, 0) is 31.3 Å². The van der Waals surface area contributed by atoms with Gasteiger partial charge in [-0.2, -0.15) is 0 Å². The van der Waals surface area contributed by atoms with E-state index in [1.54, 1.807) is 6.07 Å². The van der Waals surface area contributed by atoms with Crippen LogP contribution in [0.2, 0.25) is 0 Å². The molecule has 1 aromatic rings. The van der Waals surface area contributed by atoms with Gasteiger partial charge in [0.15, 0.2) is 10.9 Å². The fourth-order valence-electron chi connectivity index (χ4n) is 1.41. The third-order valence-electron chi connectivity index (χ3n) is 2.11. The molecule has 3 N–H and O–H groups in total. The van der Waals surface area contributed by atoms with Crippen molar-refractivity contribution in [3.8, 4) is 5.75 Å². The van der Waals surface area contributed by atoms with Gasteiger partial charge in [0.2, 0.25) is 0 Å². The van der Waals surface area contributed by atoms with Gasteiger partial charge in [-0.1, -0.05) is 0 Å². The van der Waals surface area contributed by atoms with E-state index in [-0.39, 0.29) is 24.0 Å². The van der Waals surface area contributed by atoms with E-state index in [2.05, 4.69) is 0 Å². The van der Waals surface area contributed by atoms with E-state index in [0.717, 1.165) is 0 Å². The van der Waals surface area contributed by atoms with Gasteiger partial charge >= 0.3 is 0 Å². The summed E-state index contributed by atoms with van der Waals surface area (Å²) in [6.07, 6.45) is 0. The summed E-state index contributed by atoms with van der Waals surface area (Å²) in [5, 5.41) is 8.89. The SMILES string of the molecule is CCOc1ccc(N(CCO)C(N)=S)c(F)c1. The van der Waals surface area contributed by atoms with Crippen LogP contribution >= 0.6 is 12.2 Å². The topological polar surface area (TPSA) is 58.7 Å². The lowest BCUT2D eigenvalue weighted by Crippen LogP contribution is -2.38. The van der Waals surface area contributed by atoms with Crippen molar-refractivity contribution in [2.45, 2.75) is 6.92 Å². The highest BCUT2D eigenvalue weighted by atomic mass is 32.1. The van der Waals surface area contributed by atoms with Crippen molar-refractivity contribution < 1.29 is 14.2 Å². The molecule has 1 aromatic carbocycles. The smallest absolute Gasteiger partial charge is 0.170 e. The van der Waals surface area contributed by atoms with Gasteiger partial charge in [0, 0.05) is 12.6 Å².